The molecule has 0 fully saturated rings. The van der Waals surface area contributed by atoms with Crippen molar-refractivity contribution in [2.75, 3.05) is 0 Å². The summed E-state index contributed by atoms with van der Waals surface area (Å²) in [6, 6.07) is 7.65. The van der Waals surface area contributed by atoms with E-state index >= 15 is 0 Å². The van der Waals surface area contributed by atoms with Crippen molar-refractivity contribution in [2.45, 2.75) is 12.4 Å². The van der Waals surface area contributed by atoms with Gasteiger partial charge in [0, 0.05) is 33.4 Å². The number of alkyl halides is 6. The normalized spacial score (nSPS) is 12.3. The lowest BCUT2D eigenvalue weighted by atomic mass is 10.0. The van der Waals surface area contributed by atoms with Crippen LogP contribution in [0.1, 0.15) is 21.6 Å². The highest BCUT2D eigenvalue weighted by molar-refractivity contribution is 6.13. The van der Waals surface area contributed by atoms with Crippen molar-refractivity contribution in [1.82, 2.24) is 24.7 Å². The third-order valence-corrected chi connectivity index (χ3v) is 6.38. The van der Waals surface area contributed by atoms with Crippen LogP contribution in [0.2, 0.25) is 0 Å². The minimum Gasteiger partial charge on any atom is -0.443 e. The molecule has 0 aliphatic rings. The summed E-state index contributed by atoms with van der Waals surface area (Å²) in [6.45, 7) is 0. The second kappa shape index (κ2) is 8.79. The molecule has 4 aromatic heterocycles. The SMILES string of the molecule is NC(=O)c1c(-c2cnc(-c3ncco3)c(C(F)(F)F)c2)nn(-c2ccc3[nH]c(=C=O)c4cccc2c34)c1C(F)(F)F. The fraction of sp³-hybridized carbons (Fsp3) is 0.0769. The molecule has 0 aliphatic heterocycles. The van der Waals surface area contributed by atoms with E-state index in [-0.39, 0.29) is 16.4 Å². The lowest BCUT2D eigenvalue weighted by Crippen LogP contribution is -2.21. The van der Waals surface area contributed by atoms with Crippen LogP contribution >= 0.6 is 0 Å². The van der Waals surface area contributed by atoms with Crippen molar-refractivity contribution in [2.24, 2.45) is 5.73 Å². The minimum absolute atomic E-state index is 0.0645. The molecule has 0 unspecified atom stereocenters. The van der Waals surface area contributed by atoms with E-state index in [1.54, 1.807) is 12.0 Å². The molecule has 0 spiro atoms. The molecular formula is C26H12F6N6O3. The van der Waals surface area contributed by atoms with E-state index in [2.05, 4.69) is 20.1 Å². The van der Waals surface area contributed by atoms with Gasteiger partial charge < -0.3 is 15.1 Å². The fourth-order valence-corrected chi connectivity index (χ4v) is 4.78. The van der Waals surface area contributed by atoms with Crippen LogP contribution in [0.3, 0.4) is 0 Å². The Morgan fingerprint density at radius 3 is 2.39 bits per heavy atom. The Morgan fingerprint density at radius 2 is 1.76 bits per heavy atom. The summed E-state index contributed by atoms with van der Waals surface area (Å²) in [7, 11) is 0. The number of aromatic nitrogens is 5. The van der Waals surface area contributed by atoms with E-state index in [1.165, 1.54) is 24.3 Å². The molecule has 41 heavy (non-hydrogen) atoms. The maximum Gasteiger partial charge on any atom is 0.434 e. The van der Waals surface area contributed by atoms with Gasteiger partial charge in [0.1, 0.15) is 23.0 Å². The second-order valence-corrected chi connectivity index (χ2v) is 8.76. The van der Waals surface area contributed by atoms with Gasteiger partial charge in [0.15, 0.2) is 11.6 Å². The number of nitrogens with one attached hydrogen (secondary N) is 1. The van der Waals surface area contributed by atoms with Gasteiger partial charge >= 0.3 is 12.4 Å². The lowest BCUT2D eigenvalue weighted by molar-refractivity contribution is -0.143. The molecule has 0 radical (unpaired) electrons. The maximum atomic E-state index is 14.5. The van der Waals surface area contributed by atoms with Crippen LogP contribution in [0.15, 0.2) is 59.5 Å². The summed E-state index contributed by atoms with van der Waals surface area (Å²) in [6.07, 6.45) is -7.34. The predicted molar refractivity (Wildman–Crippen MR) is 130 cm³/mol. The van der Waals surface area contributed by atoms with Gasteiger partial charge in [-0.1, -0.05) is 18.2 Å². The van der Waals surface area contributed by atoms with Crippen molar-refractivity contribution in [3.05, 3.63) is 77.2 Å². The fourth-order valence-electron chi connectivity index (χ4n) is 4.78. The van der Waals surface area contributed by atoms with E-state index in [0.717, 1.165) is 18.7 Å². The largest absolute Gasteiger partial charge is 0.443 e. The third-order valence-electron chi connectivity index (χ3n) is 6.38. The highest BCUT2D eigenvalue weighted by atomic mass is 19.4. The number of amides is 1. The maximum absolute atomic E-state index is 14.5. The van der Waals surface area contributed by atoms with E-state index < -0.39 is 57.9 Å². The molecule has 1 amide bonds. The summed E-state index contributed by atoms with van der Waals surface area (Å²) in [4.78, 5) is 34.1. The number of nitrogens with two attached hydrogens (primary N) is 1. The number of hydrogen-bond acceptors (Lipinski definition) is 6. The molecule has 0 atom stereocenters. The van der Waals surface area contributed by atoms with E-state index in [0.29, 0.717) is 27.0 Å². The number of pyridine rings is 1. The number of oxazole rings is 1. The molecule has 9 nitrogen and oxygen atoms in total. The third kappa shape index (κ3) is 4.02. The average molecular weight is 570 g/mol. The second-order valence-electron chi connectivity index (χ2n) is 8.76. The zero-order valence-electron chi connectivity index (χ0n) is 20.1. The van der Waals surface area contributed by atoms with E-state index in [4.69, 9.17) is 10.2 Å². The summed E-state index contributed by atoms with van der Waals surface area (Å²) < 4.78 is 91.0. The Balaban J connectivity index is 1.68. The molecule has 6 rings (SSSR count). The smallest absolute Gasteiger partial charge is 0.434 e. The van der Waals surface area contributed by atoms with Crippen LogP contribution in [0, 0.1) is 0 Å². The Labute approximate surface area is 222 Å². The number of halogens is 6. The Bertz CT molecular complexity index is 2070. The van der Waals surface area contributed by atoms with Crippen molar-refractivity contribution >= 4 is 33.5 Å². The van der Waals surface area contributed by atoms with Crippen LogP contribution < -0.4 is 11.1 Å². The first kappa shape index (κ1) is 25.8. The number of H-pyrrole nitrogens is 1. The number of rotatable bonds is 4. The quantitative estimate of drug-likeness (QED) is 0.298. The first-order chi connectivity index (χ1) is 19.4. The van der Waals surface area contributed by atoms with Crippen LogP contribution in [0.25, 0.3) is 50.2 Å². The topological polar surface area (TPSA) is 133 Å². The lowest BCUT2D eigenvalue weighted by Gasteiger charge is -2.13. The zero-order chi connectivity index (χ0) is 29.3. The molecule has 4 heterocycles. The Hall–Kier alpha value is -5.43. The number of benzene rings is 2. The van der Waals surface area contributed by atoms with Crippen molar-refractivity contribution < 1.29 is 40.3 Å². The van der Waals surface area contributed by atoms with Crippen molar-refractivity contribution in [3.8, 4) is 28.5 Å². The molecule has 0 saturated carbocycles. The molecule has 6 aromatic rings. The van der Waals surface area contributed by atoms with Gasteiger partial charge in [-0.3, -0.25) is 4.79 Å². The number of aromatic amines is 1. The zero-order valence-corrected chi connectivity index (χ0v) is 20.1. The first-order valence-corrected chi connectivity index (χ1v) is 11.5. The highest BCUT2D eigenvalue weighted by Crippen LogP contribution is 2.42. The summed E-state index contributed by atoms with van der Waals surface area (Å²) in [5.41, 5.74) is -0.630. The summed E-state index contributed by atoms with van der Waals surface area (Å²) in [5.74, 6) is -0.332. The van der Waals surface area contributed by atoms with Crippen LogP contribution in [0.5, 0.6) is 0 Å². The number of nitrogens with zero attached hydrogens (tertiary/aromatic N) is 4. The van der Waals surface area contributed by atoms with Gasteiger partial charge in [0.2, 0.25) is 5.89 Å². The van der Waals surface area contributed by atoms with Crippen LogP contribution in [0.4, 0.5) is 26.3 Å². The Kier molecular flexibility index (Phi) is 5.54. The molecular weight excluding hydrogens is 558 g/mol. The Morgan fingerprint density at radius 1 is 1.00 bits per heavy atom. The van der Waals surface area contributed by atoms with Gasteiger partial charge in [-0.25, -0.2) is 19.4 Å². The minimum atomic E-state index is -5.23. The molecule has 3 N–H and O–H groups in total. The predicted octanol–water partition coefficient (Wildman–Crippen LogP) is 4.58. The van der Waals surface area contributed by atoms with E-state index in [9.17, 15) is 35.9 Å². The van der Waals surface area contributed by atoms with E-state index in [1.807, 2.05) is 0 Å². The molecule has 0 bridgehead atoms. The number of primary amides is 1. The highest BCUT2D eigenvalue weighted by Gasteiger charge is 2.43. The molecule has 206 valence electrons. The molecule has 15 heteroatoms. The van der Waals surface area contributed by atoms with Gasteiger partial charge in [-0.05, 0) is 18.2 Å². The monoisotopic (exact) mass is 570 g/mol. The molecule has 2 aromatic carbocycles. The molecule has 0 saturated heterocycles. The van der Waals surface area contributed by atoms with Gasteiger partial charge in [-0.2, -0.15) is 31.4 Å². The number of carbonyl (C=O) groups is 1. The van der Waals surface area contributed by atoms with Crippen LogP contribution in [-0.2, 0) is 17.1 Å². The van der Waals surface area contributed by atoms with Crippen LogP contribution in [-0.4, -0.2) is 36.6 Å². The van der Waals surface area contributed by atoms with Crippen molar-refractivity contribution in [3.63, 3.8) is 0 Å². The van der Waals surface area contributed by atoms with Gasteiger partial charge in [0.05, 0.1) is 23.0 Å². The van der Waals surface area contributed by atoms with Gasteiger partial charge in [0.25, 0.3) is 5.91 Å². The standard InChI is InChI=1S/C26H12F6N6O3/c27-25(28,29)14-8-11(9-35-21(14)24-34-6-7-41-24)20-19(23(33)40)22(26(30,31)32)38(37-20)17-5-4-15-18-12(16(10-39)36-15)2-1-3-13(17)18/h1-9,36H,(H2,33,40). The molecule has 0 aliphatic carbocycles. The average Bonchev–Trinajstić information content (AvgIpc) is 3.66. The van der Waals surface area contributed by atoms with Gasteiger partial charge in [-0.15, -0.1) is 0 Å². The number of hydrogen-bond donors (Lipinski definition) is 2. The first-order valence-electron chi connectivity index (χ1n) is 11.5. The summed E-state index contributed by atoms with van der Waals surface area (Å²) >= 11 is 0. The number of carbonyl (C=O) groups excluding carboxylic acids is 2. The summed E-state index contributed by atoms with van der Waals surface area (Å²) in [5, 5.41) is 4.98. The van der Waals surface area contributed by atoms with Crippen molar-refractivity contribution in [1.29, 1.82) is 0 Å².